The van der Waals surface area contributed by atoms with Gasteiger partial charge in [-0.05, 0) is 0 Å². The minimum absolute atomic E-state index is 0. The maximum Gasteiger partial charge on any atom is 3.00 e. The van der Waals surface area contributed by atoms with Gasteiger partial charge in [0.15, 0.2) is 0 Å². The van der Waals surface area contributed by atoms with Gasteiger partial charge in [0.1, 0.15) is 0 Å². The third-order valence-corrected chi connectivity index (χ3v) is 0.918. The number of aromatic nitrogens is 1. The zero-order chi connectivity index (χ0) is 9.28. The van der Waals surface area contributed by atoms with Crippen LogP contribution in [-0.4, -0.2) is 13.6 Å². The Balaban J connectivity index is -0.000000144. The van der Waals surface area contributed by atoms with Crippen LogP contribution in [0.3, 0.4) is 0 Å². The zero-order valence-electron chi connectivity index (χ0n) is 6.93. The van der Waals surface area contributed by atoms with Gasteiger partial charge in [0.05, 0.1) is 0 Å². The normalized spacial score (nSPS) is 6.17. The first-order chi connectivity index (χ1) is 5.29. The summed E-state index contributed by atoms with van der Waals surface area (Å²) in [5.41, 5.74) is 2.22. The predicted molar refractivity (Wildman–Crippen MR) is 42.7 cm³/mol. The average molecular weight is 253 g/mol. The third-order valence-electron chi connectivity index (χ3n) is 0.918. The Morgan fingerprint density at radius 3 is 1.33 bits per heavy atom. The van der Waals surface area contributed by atoms with Crippen molar-refractivity contribution in [1.82, 2.24) is 4.98 Å². The Labute approximate surface area is 85.3 Å². The number of hydrogen-bond acceptors (Lipinski definition) is 2. The van der Waals surface area contributed by atoms with Gasteiger partial charge in [-0.15, -0.1) is 0 Å². The maximum absolute atomic E-state index is 7.75. The summed E-state index contributed by atoms with van der Waals surface area (Å²) in [5, 5.41) is 0. The van der Waals surface area contributed by atoms with Crippen molar-refractivity contribution in [1.29, 1.82) is 0 Å². The van der Waals surface area contributed by atoms with Crippen LogP contribution in [0.25, 0.3) is 0 Å². The molecular formula is C8H10NO2Ru. The van der Waals surface area contributed by atoms with Crippen LogP contribution in [0.1, 0.15) is 11.4 Å². The number of rotatable bonds is 0. The van der Waals surface area contributed by atoms with E-state index < -0.39 is 0 Å². The van der Waals surface area contributed by atoms with Gasteiger partial charge >= 0.3 is 19.5 Å². The van der Waals surface area contributed by atoms with Crippen LogP contribution in [-0.2, 0) is 29.1 Å². The van der Waals surface area contributed by atoms with E-state index in [4.69, 9.17) is 9.59 Å². The molecule has 0 saturated carbocycles. The van der Waals surface area contributed by atoms with Gasteiger partial charge in [-0.1, -0.05) is 26.0 Å². The molecule has 3 nitrogen and oxygen atoms in total. The van der Waals surface area contributed by atoms with E-state index in [9.17, 15) is 0 Å². The summed E-state index contributed by atoms with van der Waals surface area (Å²) >= 11 is 0. The standard InChI is InChI=1S/C6H8N.2CHO.Ru/c1-5-3-4-6(2)7-5;2*1-2;/h3-4H,1-2H3;2*1H;/q3*-1;+3. The Bertz CT molecular complexity index is 170. The summed E-state index contributed by atoms with van der Waals surface area (Å²) in [6.07, 6.45) is 0. The molecule has 67 valence electrons. The molecule has 0 spiro atoms. The van der Waals surface area contributed by atoms with Crippen molar-refractivity contribution in [2.45, 2.75) is 13.8 Å². The Kier molecular flexibility index (Phi) is 18.6. The molecule has 1 aromatic rings. The van der Waals surface area contributed by atoms with E-state index in [-0.39, 0.29) is 19.5 Å². The van der Waals surface area contributed by atoms with Crippen LogP contribution in [0.4, 0.5) is 0 Å². The van der Waals surface area contributed by atoms with Crippen molar-refractivity contribution in [3.63, 3.8) is 0 Å². The van der Waals surface area contributed by atoms with Crippen LogP contribution in [0, 0.1) is 13.8 Å². The minimum atomic E-state index is 0. The first-order valence-electron chi connectivity index (χ1n) is 2.83. The SMILES string of the molecule is Cc1ccc(C)[n-]1.[CH-]=O.[CH-]=O.[Ru+3]. The van der Waals surface area contributed by atoms with E-state index in [1.807, 2.05) is 26.0 Å². The van der Waals surface area contributed by atoms with Gasteiger partial charge in [0, 0.05) is 0 Å². The second-order valence-electron chi connectivity index (χ2n) is 1.73. The molecule has 0 aliphatic heterocycles. The van der Waals surface area contributed by atoms with Gasteiger partial charge in [0.2, 0.25) is 0 Å². The second kappa shape index (κ2) is 12.9. The Morgan fingerprint density at radius 1 is 1.00 bits per heavy atom. The Hall–Kier alpha value is -0.757. The monoisotopic (exact) mass is 254 g/mol. The van der Waals surface area contributed by atoms with E-state index in [0.717, 1.165) is 11.4 Å². The summed E-state index contributed by atoms with van der Waals surface area (Å²) < 4.78 is 0. The smallest absolute Gasteiger partial charge is 0.665 e. The molecule has 12 heavy (non-hydrogen) atoms. The second-order valence-corrected chi connectivity index (χ2v) is 1.73. The number of aryl methyl sites for hydroxylation is 2. The molecule has 0 saturated heterocycles. The van der Waals surface area contributed by atoms with E-state index >= 15 is 0 Å². The molecule has 4 heteroatoms. The van der Waals surface area contributed by atoms with Crippen LogP contribution in [0.15, 0.2) is 12.1 Å². The summed E-state index contributed by atoms with van der Waals surface area (Å²) in [6.45, 7) is 10.5. The van der Waals surface area contributed by atoms with Crippen LogP contribution >= 0.6 is 0 Å². The molecule has 0 aromatic carbocycles. The first-order valence-corrected chi connectivity index (χ1v) is 2.83. The molecule has 0 amide bonds. The molecular weight excluding hydrogens is 243 g/mol. The largest absolute Gasteiger partial charge is 3.00 e. The third kappa shape index (κ3) is 9.24. The van der Waals surface area contributed by atoms with Gasteiger partial charge < -0.3 is 14.6 Å². The predicted octanol–water partition coefficient (Wildman–Crippen LogP) is 0.710. The van der Waals surface area contributed by atoms with Gasteiger partial charge in [0.25, 0.3) is 0 Å². The molecule has 1 aromatic heterocycles. The quantitative estimate of drug-likeness (QED) is 0.388. The summed E-state index contributed by atoms with van der Waals surface area (Å²) in [5.74, 6) is 0. The van der Waals surface area contributed by atoms with E-state index in [2.05, 4.69) is 18.6 Å². The maximum atomic E-state index is 7.75. The summed E-state index contributed by atoms with van der Waals surface area (Å²) in [4.78, 5) is 19.6. The fourth-order valence-corrected chi connectivity index (χ4v) is 0.594. The molecule has 1 radical (unpaired) electrons. The summed E-state index contributed by atoms with van der Waals surface area (Å²) in [6, 6.07) is 4.02. The molecule has 0 fully saturated rings. The topological polar surface area (TPSA) is 48.2 Å². The average Bonchev–Trinajstić information content (AvgIpc) is 2.43. The number of hydrogen-bond donors (Lipinski definition) is 0. The van der Waals surface area contributed by atoms with Gasteiger partial charge in [-0.25, -0.2) is 0 Å². The van der Waals surface area contributed by atoms with Crippen molar-refractivity contribution in [3.8, 4) is 0 Å². The van der Waals surface area contributed by atoms with Crippen molar-refractivity contribution in [2.75, 3.05) is 0 Å². The fraction of sp³-hybridized carbons (Fsp3) is 0.250. The van der Waals surface area contributed by atoms with Gasteiger partial charge in [-0.2, -0.15) is 11.4 Å². The van der Waals surface area contributed by atoms with E-state index in [0.29, 0.717) is 0 Å². The van der Waals surface area contributed by atoms with Crippen LogP contribution in [0.5, 0.6) is 0 Å². The van der Waals surface area contributed by atoms with Crippen molar-refractivity contribution >= 4 is 13.6 Å². The zero-order valence-corrected chi connectivity index (χ0v) is 8.66. The van der Waals surface area contributed by atoms with E-state index in [1.165, 1.54) is 0 Å². The van der Waals surface area contributed by atoms with Crippen LogP contribution < -0.4 is 4.98 Å². The minimum Gasteiger partial charge on any atom is -0.665 e. The molecule has 0 aliphatic rings. The molecule has 0 bridgehead atoms. The molecule has 0 unspecified atom stereocenters. The first kappa shape index (κ1) is 17.4. The van der Waals surface area contributed by atoms with Crippen molar-refractivity contribution in [2.24, 2.45) is 0 Å². The van der Waals surface area contributed by atoms with Crippen LogP contribution in [0.2, 0.25) is 0 Å². The molecule has 1 rings (SSSR count). The molecule has 0 atom stereocenters. The van der Waals surface area contributed by atoms with E-state index in [1.54, 1.807) is 0 Å². The Morgan fingerprint density at radius 2 is 1.25 bits per heavy atom. The van der Waals surface area contributed by atoms with Crippen molar-refractivity contribution in [3.05, 3.63) is 23.5 Å². The fourth-order valence-electron chi connectivity index (χ4n) is 0.594. The molecule has 1 heterocycles. The number of carbonyl (C=O) groups excluding carboxylic acids is 2. The van der Waals surface area contributed by atoms with Crippen molar-refractivity contribution < 1.29 is 29.1 Å². The summed E-state index contributed by atoms with van der Waals surface area (Å²) in [7, 11) is 0. The number of nitrogens with zero attached hydrogens (tertiary/aromatic N) is 1. The molecule has 0 N–H and O–H groups in total. The van der Waals surface area contributed by atoms with Gasteiger partial charge in [-0.3, -0.25) is 13.6 Å². The molecule has 0 aliphatic carbocycles.